The summed E-state index contributed by atoms with van der Waals surface area (Å²) in [6.07, 6.45) is 2.06. The van der Waals surface area contributed by atoms with Crippen molar-refractivity contribution in [1.29, 1.82) is 0 Å². The maximum Gasteiger partial charge on any atom is 0.322 e. The molecule has 1 aliphatic rings. The molecule has 26 heavy (non-hydrogen) atoms. The number of hydrogen-bond donors (Lipinski definition) is 1. The van der Waals surface area contributed by atoms with E-state index in [2.05, 4.69) is 36.0 Å². The third-order valence-electron chi connectivity index (χ3n) is 4.69. The first-order chi connectivity index (χ1) is 12.5. The second-order valence-corrected chi connectivity index (χ2v) is 7.03. The summed E-state index contributed by atoms with van der Waals surface area (Å²) in [6.45, 7) is 5.67. The molecule has 2 amide bonds. The van der Waals surface area contributed by atoms with Gasteiger partial charge in [0.25, 0.3) is 0 Å². The number of benzene rings is 1. The lowest BCUT2D eigenvalue weighted by molar-refractivity contribution is 0.144. The number of carbonyl (C=O) groups excluding carboxylic acids is 1. The summed E-state index contributed by atoms with van der Waals surface area (Å²) in [6, 6.07) is 7.26. The monoisotopic (exact) mass is 377 g/mol. The SMILES string of the molecule is COc1cc(OC)c(NC(=O)N2CCn3cccc3[C@@H]2C(C)C)cc1Cl. The highest BCUT2D eigenvalue weighted by Crippen LogP contribution is 2.37. The molecule has 1 atom stereocenters. The molecule has 0 unspecified atom stereocenters. The van der Waals surface area contributed by atoms with Gasteiger partial charge >= 0.3 is 6.03 Å². The van der Waals surface area contributed by atoms with E-state index in [-0.39, 0.29) is 18.0 Å². The number of aromatic nitrogens is 1. The first kappa shape index (κ1) is 18.5. The molecule has 0 fully saturated rings. The van der Waals surface area contributed by atoms with Crippen LogP contribution in [-0.2, 0) is 6.54 Å². The van der Waals surface area contributed by atoms with Crippen molar-refractivity contribution in [3.63, 3.8) is 0 Å². The van der Waals surface area contributed by atoms with Crippen LogP contribution in [0.3, 0.4) is 0 Å². The van der Waals surface area contributed by atoms with Gasteiger partial charge in [0.2, 0.25) is 0 Å². The molecule has 0 saturated carbocycles. The molecule has 2 aromatic rings. The molecule has 1 aromatic carbocycles. The van der Waals surface area contributed by atoms with Crippen molar-refractivity contribution in [1.82, 2.24) is 9.47 Å². The van der Waals surface area contributed by atoms with Crippen molar-refractivity contribution in [2.45, 2.75) is 26.4 Å². The molecule has 1 N–H and O–H groups in total. The molecule has 3 rings (SSSR count). The minimum absolute atomic E-state index is 0.0125. The Hall–Kier alpha value is -2.34. The lowest BCUT2D eigenvalue weighted by Gasteiger charge is -2.39. The molecule has 7 heteroatoms. The number of amides is 2. The van der Waals surface area contributed by atoms with Gasteiger partial charge in [0.05, 0.1) is 31.0 Å². The van der Waals surface area contributed by atoms with Crippen molar-refractivity contribution >= 4 is 23.3 Å². The number of urea groups is 1. The molecule has 2 heterocycles. The maximum absolute atomic E-state index is 13.0. The van der Waals surface area contributed by atoms with Gasteiger partial charge in [-0.15, -0.1) is 0 Å². The maximum atomic E-state index is 13.0. The number of anilines is 1. The van der Waals surface area contributed by atoms with Crippen LogP contribution in [0.15, 0.2) is 30.5 Å². The van der Waals surface area contributed by atoms with Crippen LogP contribution in [0.2, 0.25) is 5.02 Å². The molecular formula is C19H24ClN3O3. The fraction of sp³-hybridized carbons (Fsp3) is 0.421. The molecule has 6 nitrogen and oxygen atoms in total. The van der Waals surface area contributed by atoms with E-state index in [9.17, 15) is 4.79 Å². The molecule has 0 aliphatic carbocycles. The first-order valence-corrected chi connectivity index (χ1v) is 8.98. The summed E-state index contributed by atoms with van der Waals surface area (Å²) in [7, 11) is 3.08. The predicted molar refractivity (Wildman–Crippen MR) is 102 cm³/mol. The molecule has 0 spiro atoms. The normalized spacial score (nSPS) is 16.4. The van der Waals surface area contributed by atoms with Crippen molar-refractivity contribution in [2.75, 3.05) is 26.1 Å². The quantitative estimate of drug-likeness (QED) is 0.858. The van der Waals surface area contributed by atoms with E-state index in [1.54, 1.807) is 19.2 Å². The average molecular weight is 378 g/mol. The van der Waals surface area contributed by atoms with Crippen LogP contribution in [0.25, 0.3) is 0 Å². The molecular weight excluding hydrogens is 354 g/mol. The Morgan fingerprint density at radius 2 is 1.96 bits per heavy atom. The van der Waals surface area contributed by atoms with Crippen molar-refractivity contribution in [2.24, 2.45) is 5.92 Å². The van der Waals surface area contributed by atoms with E-state index < -0.39 is 0 Å². The number of fused-ring (bicyclic) bond motifs is 1. The summed E-state index contributed by atoms with van der Waals surface area (Å²) < 4.78 is 12.8. The summed E-state index contributed by atoms with van der Waals surface area (Å²) in [5.41, 5.74) is 1.67. The Morgan fingerprint density at radius 1 is 1.23 bits per heavy atom. The molecule has 1 aliphatic heterocycles. The summed E-state index contributed by atoms with van der Waals surface area (Å²) >= 11 is 6.21. The molecule has 0 saturated heterocycles. The smallest absolute Gasteiger partial charge is 0.322 e. The Morgan fingerprint density at radius 3 is 2.62 bits per heavy atom. The third kappa shape index (κ3) is 3.33. The van der Waals surface area contributed by atoms with Crippen LogP contribution < -0.4 is 14.8 Å². The van der Waals surface area contributed by atoms with E-state index in [1.807, 2.05) is 11.0 Å². The van der Waals surface area contributed by atoms with E-state index in [4.69, 9.17) is 21.1 Å². The Bertz CT molecular complexity index is 803. The van der Waals surface area contributed by atoms with Crippen molar-refractivity contribution < 1.29 is 14.3 Å². The van der Waals surface area contributed by atoms with Crippen LogP contribution in [0.1, 0.15) is 25.6 Å². The highest BCUT2D eigenvalue weighted by molar-refractivity contribution is 6.32. The van der Waals surface area contributed by atoms with Gasteiger partial charge < -0.3 is 24.3 Å². The van der Waals surface area contributed by atoms with Gasteiger partial charge in [-0.25, -0.2) is 4.79 Å². The van der Waals surface area contributed by atoms with Crippen molar-refractivity contribution in [3.8, 4) is 11.5 Å². The van der Waals surface area contributed by atoms with Crippen LogP contribution in [0.5, 0.6) is 11.5 Å². The lowest BCUT2D eigenvalue weighted by atomic mass is 9.97. The molecule has 0 bridgehead atoms. The highest BCUT2D eigenvalue weighted by Gasteiger charge is 2.33. The Kier molecular flexibility index (Phi) is 5.32. The number of methoxy groups -OCH3 is 2. The van der Waals surface area contributed by atoms with E-state index in [1.165, 1.54) is 7.11 Å². The zero-order chi connectivity index (χ0) is 18.8. The molecule has 0 radical (unpaired) electrons. The van der Waals surface area contributed by atoms with Gasteiger partial charge in [-0.05, 0) is 24.1 Å². The zero-order valence-electron chi connectivity index (χ0n) is 15.5. The standard InChI is InChI=1S/C19H24ClN3O3/c1-12(2)18-15-6-5-7-22(15)8-9-23(18)19(24)21-14-10-13(20)16(25-3)11-17(14)26-4/h5-7,10-12,18H,8-9H2,1-4H3,(H,21,24)/t18-/m0/s1. The average Bonchev–Trinajstić information content (AvgIpc) is 3.09. The number of carbonyl (C=O) groups is 1. The molecule has 140 valence electrons. The predicted octanol–water partition coefficient (Wildman–Crippen LogP) is 4.40. The Labute approximate surface area is 158 Å². The summed E-state index contributed by atoms with van der Waals surface area (Å²) in [4.78, 5) is 14.9. The number of ether oxygens (including phenoxy) is 2. The highest BCUT2D eigenvalue weighted by atomic mass is 35.5. The Balaban J connectivity index is 1.87. The van der Waals surface area contributed by atoms with E-state index in [0.717, 1.165) is 12.2 Å². The van der Waals surface area contributed by atoms with Gasteiger partial charge in [0.15, 0.2) is 0 Å². The van der Waals surface area contributed by atoms with Crippen LogP contribution >= 0.6 is 11.6 Å². The number of halogens is 1. The van der Waals surface area contributed by atoms with E-state index >= 15 is 0 Å². The van der Waals surface area contributed by atoms with Gasteiger partial charge in [-0.2, -0.15) is 0 Å². The topological polar surface area (TPSA) is 55.7 Å². The van der Waals surface area contributed by atoms with Crippen LogP contribution in [0.4, 0.5) is 10.5 Å². The number of rotatable bonds is 4. The van der Waals surface area contributed by atoms with Crippen LogP contribution in [0, 0.1) is 5.92 Å². The van der Waals surface area contributed by atoms with Crippen molar-refractivity contribution in [3.05, 3.63) is 41.2 Å². The van der Waals surface area contributed by atoms with Crippen LogP contribution in [-0.4, -0.2) is 36.3 Å². The fourth-order valence-corrected chi connectivity index (χ4v) is 3.73. The second kappa shape index (κ2) is 7.50. The summed E-state index contributed by atoms with van der Waals surface area (Å²) in [5.74, 6) is 1.29. The number of hydrogen-bond acceptors (Lipinski definition) is 3. The van der Waals surface area contributed by atoms with Gasteiger partial charge in [0, 0.05) is 31.0 Å². The minimum atomic E-state index is -0.171. The van der Waals surface area contributed by atoms with Gasteiger partial charge in [-0.1, -0.05) is 25.4 Å². The minimum Gasteiger partial charge on any atom is -0.495 e. The lowest BCUT2D eigenvalue weighted by Crippen LogP contribution is -2.45. The van der Waals surface area contributed by atoms with E-state index in [0.29, 0.717) is 28.8 Å². The zero-order valence-corrected chi connectivity index (χ0v) is 16.2. The molecule has 1 aromatic heterocycles. The third-order valence-corrected chi connectivity index (χ3v) is 4.99. The largest absolute Gasteiger partial charge is 0.495 e. The van der Waals surface area contributed by atoms with Gasteiger partial charge in [0.1, 0.15) is 11.5 Å². The number of nitrogens with one attached hydrogen (secondary N) is 1. The summed E-state index contributed by atoms with van der Waals surface area (Å²) in [5, 5.41) is 3.36. The number of nitrogens with zero attached hydrogens (tertiary/aromatic N) is 2. The second-order valence-electron chi connectivity index (χ2n) is 6.63. The first-order valence-electron chi connectivity index (χ1n) is 8.60. The van der Waals surface area contributed by atoms with Gasteiger partial charge in [-0.3, -0.25) is 0 Å². The fourth-order valence-electron chi connectivity index (χ4n) is 3.49.